The van der Waals surface area contributed by atoms with E-state index in [1.54, 1.807) is 19.5 Å². The van der Waals surface area contributed by atoms with E-state index >= 15 is 0 Å². The van der Waals surface area contributed by atoms with Crippen LogP contribution >= 0.6 is 11.6 Å². The Kier molecular flexibility index (Phi) is 3.22. The Morgan fingerprint density at radius 1 is 1.50 bits per heavy atom. The molecule has 1 aliphatic carbocycles. The summed E-state index contributed by atoms with van der Waals surface area (Å²) in [6, 6.07) is 2.45. The van der Waals surface area contributed by atoms with Crippen LogP contribution in [0.1, 0.15) is 31.1 Å². The summed E-state index contributed by atoms with van der Waals surface area (Å²) in [5.74, 6) is 1.37. The van der Waals surface area contributed by atoms with Gasteiger partial charge in [-0.1, -0.05) is 0 Å². The van der Waals surface area contributed by atoms with E-state index in [1.807, 2.05) is 6.07 Å². The van der Waals surface area contributed by atoms with Crippen LogP contribution in [0.2, 0.25) is 0 Å². The fraction of sp³-hybridized carbons (Fsp3) is 0.538. The molecule has 0 saturated heterocycles. The van der Waals surface area contributed by atoms with Gasteiger partial charge in [0.15, 0.2) is 0 Å². The molecule has 0 N–H and O–H groups in total. The number of rotatable bonds is 3. The van der Waals surface area contributed by atoms with Crippen LogP contribution in [0.25, 0.3) is 11.0 Å². The van der Waals surface area contributed by atoms with Crippen molar-refractivity contribution in [2.75, 3.05) is 7.11 Å². The highest BCUT2D eigenvalue weighted by molar-refractivity contribution is 6.16. The fourth-order valence-corrected chi connectivity index (χ4v) is 3.06. The Balaban J connectivity index is 2.04. The molecule has 0 spiro atoms. The second kappa shape index (κ2) is 4.86. The third-order valence-corrected chi connectivity index (χ3v) is 3.98. The van der Waals surface area contributed by atoms with E-state index in [0.29, 0.717) is 18.0 Å². The molecular formula is C13H16ClN3O. The van der Waals surface area contributed by atoms with Crippen molar-refractivity contribution < 1.29 is 4.74 Å². The molecule has 1 aliphatic rings. The minimum atomic E-state index is 0.359. The highest BCUT2D eigenvalue weighted by Gasteiger charge is 2.28. The number of pyridine rings is 1. The Hall–Kier alpha value is -1.13. The van der Waals surface area contributed by atoms with E-state index in [-0.39, 0.29) is 0 Å². The quantitative estimate of drug-likeness (QED) is 0.801. The van der Waals surface area contributed by atoms with Crippen molar-refractivity contribution in [3.05, 3.63) is 24.3 Å². The van der Waals surface area contributed by atoms with Gasteiger partial charge in [-0.3, -0.25) is 4.98 Å². The molecule has 2 aromatic heterocycles. The highest BCUT2D eigenvalue weighted by Crippen LogP contribution is 2.35. The summed E-state index contributed by atoms with van der Waals surface area (Å²) >= 11 is 6.02. The maximum atomic E-state index is 6.02. The first-order chi connectivity index (χ1) is 8.83. The van der Waals surface area contributed by atoms with Gasteiger partial charge in [-0.15, -0.1) is 11.6 Å². The number of hydrogen-bond donors (Lipinski definition) is 0. The van der Waals surface area contributed by atoms with Gasteiger partial charge in [0.05, 0.1) is 23.7 Å². The van der Waals surface area contributed by atoms with Gasteiger partial charge in [0.2, 0.25) is 0 Å². The maximum absolute atomic E-state index is 6.02. The Bertz CT molecular complexity index is 554. The van der Waals surface area contributed by atoms with Crippen molar-refractivity contribution in [3.8, 4) is 0 Å². The molecule has 18 heavy (non-hydrogen) atoms. The van der Waals surface area contributed by atoms with E-state index in [1.165, 1.54) is 0 Å². The standard InChI is InChI=1S/C13H16ClN3O/c1-18-10-3-2-9(6-10)17-12-4-5-15-8-11(12)16-13(17)7-14/h4-5,8-10H,2-3,6-7H2,1H3. The Morgan fingerprint density at radius 2 is 2.39 bits per heavy atom. The molecule has 0 aliphatic heterocycles. The maximum Gasteiger partial charge on any atom is 0.125 e. The fourth-order valence-electron chi connectivity index (χ4n) is 2.87. The van der Waals surface area contributed by atoms with Gasteiger partial charge in [0.25, 0.3) is 0 Å². The van der Waals surface area contributed by atoms with Crippen molar-refractivity contribution in [1.82, 2.24) is 14.5 Å². The minimum absolute atomic E-state index is 0.359. The average Bonchev–Trinajstić information content (AvgIpc) is 3.01. The van der Waals surface area contributed by atoms with Gasteiger partial charge in [0.1, 0.15) is 11.3 Å². The summed E-state index contributed by atoms with van der Waals surface area (Å²) in [5, 5.41) is 0. The van der Waals surface area contributed by atoms with Crippen LogP contribution in [0.5, 0.6) is 0 Å². The van der Waals surface area contributed by atoms with Crippen molar-refractivity contribution in [1.29, 1.82) is 0 Å². The zero-order chi connectivity index (χ0) is 12.5. The van der Waals surface area contributed by atoms with E-state index in [4.69, 9.17) is 16.3 Å². The lowest BCUT2D eigenvalue weighted by Gasteiger charge is -2.16. The third-order valence-electron chi connectivity index (χ3n) is 3.74. The first-order valence-electron chi connectivity index (χ1n) is 6.23. The molecule has 3 rings (SSSR count). The smallest absolute Gasteiger partial charge is 0.125 e. The lowest BCUT2D eigenvalue weighted by atomic mass is 10.2. The average molecular weight is 266 g/mol. The van der Waals surface area contributed by atoms with E-state index in [2.05, 4.69) is 14.5 Å². The number of fused-ring (bicyclic) bond motifs is 1. The molecule has 0 amide bonds. The number of methoxy groups -OCH3 is 1. The van der Waals surface area contributed by atoms with Crippen molar-refractivity contribution in [3.63, 3.8) is 0 Å². The van der Waals surface area contributed by atoms with Gasteiger partial charge in [0, 0.05) is 19.3 Å². The van der Waals surface area contributed by atoms with Crippen LogP contribution in [0.15, 0.2) is 18.5 Å². The summed E-state index contributed by atoms with van der Waals surface area (Å²) in [6.45, 7) is 0. The van der Waals surface area contributed by atoms with Crippen LogP contribution < -0.4 is 0 Å². The van der Waals surface area contributed by atoms with Gasteiger partial charge >= 0.3 is 0 Å². The van der Waals surface area contributed by atoms with Gasteiger partial charge in [-0.2, -0.15) is 0 Å². The van der Waals surface area contributed by atoms with Crippen LogP contribution in [0, 0.1) is 0 Å². The number of hydrogen-bond acceptors (Lipinski definition) is 3. The molecule has 4 nitrogen and oxygen atoms in total. The molecule has 2 atom stereocenters. The van der Waals surface area contributed by atoms with Crippen molar-refractivity contribution in [2.24, 2.45) is 0 Å². The van der Waals surface area contributed by atoms with Gasteiger partial charge in [-0.25, -0.2) is 4.98 Å². The van der Waals surface area contributed by atoms with Crippen molar-refractivity contribution >= 4 is 22.6 Å². The van der Waals surface area contributed by atoms with Crippen molar-refractivity contribution in [2.45, 2.75) is 37.3 Å². The number of ether oxygens (including phenoxy) is 1. The molecule has 96 valence electrons. The topological polar surface area (TPSA) is 39.9 Å². The number of imidazole rings is 1. The predicted octanol–water partition coefficient (Wildman–Crippen LogP) is 2.91. The van der Waals surface area contributed by atoms with Crippen LogP contribution in [0.4, 0.5) is 0 Å². The zero-order valence-electron chi connectivity index (χ0n) is 10.3. The normalized spacial score (nSPS) is 23.9. The van der Waals surface area contributed by atoms with E-state index < -0.39 is 0 Å². The third kappa shape index (κ3) is 1.89. The number of aromatic nitrogens is 3. The van der Waals surface area contributed by atoms with Crippen LogP contribution in [-0.2, 0) is 10.6 Å². The second-order valence-corrected chi connectivity index (χ2v) is 4.99. The molecule has 2 unspecified atom stereocenters. The first-order valence-corrected chi connectivity index (χ1v) is 6.76. The van der Waals surface area contributed by atoms with E-state index in [9.17, 15) is 0 Å². The molecular weight excluding hydrogens is 250 g/mol. The molecule has 1 fully saturated rings. The Labute approximate surface area is 111 Å². The Morgan fingerprint density at radius 3 is 3.11 bits per heavy atom. The van der Waals surface area contributed by atoms with Crippen LogP contribution in [-0.4, -0.2) is 27.7 Å². The molecule has 5 heteroatoms. The van der Waals surface area contributed by atoms with Gasteiger partial charge in [-0.05, 0) is 25.3 Å². The monoisotopic (exact) mass is 265 g/mol. The summed E-state index contributed by atoms with van der Waals surface area (Å²) in [5.41, 5.74) is 2.05. The largest absolute Gasteiger partial charge is 0.381 e. The lowest BCUT2D eigenvalue weighted by molar-refractivity contribution is 0.106. The zero-order valence-corrected chi connectivity index (χ0v) is 11.1. The first kappa shape index (κ1) is 11.9. The van der Waals surface area contributed by atoms with E-state index in [0.717, 1.165) is 36.1 Å². The molecule has 0 aromatic carbocycles. The summed E-state index contributed by atoms with van der Waals surface area (Å²) in [4.78, 5) is 8.67. The number of nitrogens with zero attached hydrogens (tertiary/aromatic N) is 3. The molecule has 1 saturated carbocycles. The summed E-state index contributed by atoms with van der Waals surface area (Å²) in [7, 11) is 1.78. The molecule has 2 heterocycles. The minimum Gasteiger partial charge on any atom is -0.381 e. The van der Waals surface area contributed by atoms with Gasteiger partial charge < -0.3 is 9.30 Å². The second-order valence-electron chi connectivity index (χ2n) is 4.72. The molecule has 0 radical (unpaired) electrons. The van der Waals surface area contributed by atoms with Crippen LogP contribution in [0.3, 0.4) is 0 Å². The highest BCUT2D eigenvalue weighted by atomic mass is 35.5. The molecule has 0 bridgehead atoms. The lowest BCUT2D eigenvalue weighted by Crippen LogP contribution is -2.11. The predicted molar refractivity (Wildman–Crippen MR) is 70.8 cm³/mol. The number of halogens is 1. The summed E-state index contributed by atoms with van der Waals surface area (Å²) < 4.78 is 7.71. The summed E-state index contributed by atoms with van der Waals surface area (Å²) in [6.07, 6.45) is 7.22. The molecule has 2 aromatic rings. The number of alkyl halides is 1. The SMILES string of the molecule is COC1CCC(n2c(CCl)nc3cnccc32)C1.